The molecule has 1 aliphatic heterocycles. The number of pyridine rings is 1. The van der Waals surface area contributed by atoms with E-state index in [9.17, 15) is 4.39 Å². The Bertz CT molecular complexity index is 471. The number of piperidine rings is 1. The van der Waals surface area contributed by atoms with Crippen LogP contribution in [0.15, 0.2) is 12.3 Å². The van der Waals surface area contributed by atoms with Gasteiger partial charge >= 0.3 is 0 Å². The van der Waals surface area contributed by atoms with Crippen molar-refractivity contribution in [3.63, 3.8) is 0 Å². The summed E-state index contributed by atoms with van der Waals surface area (Å²) in [6.07, 6.45) is 5.16. The first-order valence-electron chi connectivity index (χ1n) is 7.96. The normalized spacial score (nSPS) is 23.4. The van der Waals surface area contributed by atoms with Crippen molar-refractivity contribution in [3.8, 4) is 0 Å². The average molecular weight is 293 g/mol. The summed E-state index contributed by atoms with van der Waals surface area (Å²) in [6, 6.07) is 2.47. The van der Waals surface area contributed by atoms with Gasteiger partial charge in [-0.1, -0.05) is 0 Å². The van der Waals surface area contributed by atoms with E-state index in [0.717, 1.165) is 12.8 Å². The lowest BCUT2D eigenvalue weighted by Crippen LogP contribution is -2.45. The molecule has 4 heteroatoms. The predicted octanol–water partition coefficient (Wildman–Crippen LogP) is 3.88. The molecule has 1 aliphatic rings. The Morgan fingerprint density at radius 3 is 2.48 bits per heavy atom. The Balaban J connectivity index is 2.24. The maximum atomic E-state index is 14.8. The smallest absolute Gasteiger partial charge is 0.170 e. The fourth-order valence-corrected chi connectivity index (χ4v) is 2.99. The lowest BCUT2D eigenvalue weighted by Gasteiger charge is -2.40. The lowest BCUT2D eigenvalue weighted by atomic mass is 9.97. The monoisotopic (exact) mass is 293 g/mol. The van der Waals surface area contributed by atoms with Crippen LogP contribution in [-0.2, 0) is 6.54 Å². The fourth-order valence-electron chi connectivity index (χ4n) is 2.99. The summed E-state index contributed by atoms with van der Waals surface area (Å²) in [5, 5.41) is 3.35. The lowest BCUT2D eigenvalue weighted by molar-refractivity contribution is 0.399. The van der Waals surface area contributed by atoms with E-state index in [0.29, 0.717) is 30.0 Å². The van der Waals surface area contributed by atoms with Crippen LogP contribution in [0.2, 0.25) is 0 Å². The molecule has 2 heterocycles. The number of nitrogens with zero attached hydrogens (tertiary/aromatic N) is 2. The maximum absolute atomic E-state index is 14.8. The second-order valence-corrected chi connectivity index (χ2v) is 7.25. The van der Waals surface area contributed by atoms with E-state index in [4.69, 9.17) is 0 Å². The third-order valence-corrected chi connectivity index (χ3v) is 4.20. The molecule has 0 spiro atoms. The molecule has 0 saturated carbocycles. The molecule has 1 saturated heterocycles. The topological polar surface area (TPSA) is 28.2 Å². The molecule has 0 aromatic carbocycles. The number of nitrogens with one attached hydrogen (secondary N) is 1. The third-order valence-electron chi connectivity index (χ3n) is 4.20. The molecule has 1 aromatic rings. The minimum atomic E-state index is -0.171. The van der Waals surface area contributed by atoms with E-state index in [1.54, 1.807) is 12.3 Å². The Hall–Kier alpha value is -1.16. The van der Waals surface area contributed by atoms with E-state index in [2.05, 4.69) is 49.8 Å². The second kappa shape index (κ2) is 6.30. The molecular formula is C17H28FN3. The zero-order valence-corrected chi connectivity index (χ0v) is 13.9. The van der Waals surface area contributed by atoms with Gasteiger partial charge in [0.05, 0.1) is 0 Å². The van der Waals surface area contributed by atoms with Crippen molar-refractivity contribution in [3.05, 3.63) is 23.6 Å². The molecule has 21 heavy (non-hydrogen) atoms. The first-order valence-corrected chi connectivity index (χ1v) is 7.96. The van der Waals surface area contributed by atoms with Crippen LogP contribution in [-0.4, -0.2) is 22.6 Å². The quantitative estimate of drug-likeness (QED) is 0.917. The Morgan fingerprint density at radius 2 is 1.90 bits per heavy atom. The molecule has 0 radical (unpaired) electrons. The number of hydrogen-bond donors (Lipinski definition) is 1. The Labute approximate surface area is 127 Å². The van der Waals surface area contributed by atoms with E-state index in [-0.39, 0.29) is 11.4 Å². The molecule has 0 amide bonds. The van der Waals surface area contributed by atoms with E-state index in [1.807, 2.05) is 0 Å². The summed E-state index contributed by atoms with van der Waals surface area (Å²) < 4.78 is 14.8. The van der Waals surface area contributed by atoms with E-state index >= 15 is 0 Å². The van der Waals surface area contributed by atoms with Crippen molar-refractivity contribution in [2.45, 2.75) is 78.0 Å². The number of anilines is 1. The van der Waals surface area contributed by atoms with Crippen molar-refractivity contribution in [2.24, 2.45) is 0 Å². The van der Waals surface area contributed by atoms with Gasteiger partial charge in [0.1, 0.15) is 0 Å². The largest absolute Gasteiger partial charge is 0.349 e. The SMILES string of the molecule is CC1CCCC(C)N1c1nccc(CNC(C)(C)C)c1F. The number of aromatic nitrogens is 1. The average Bonchev–Trinajstić information content (AvgIpc) is 2.38. The highest BCUT2D eigenvalue weighted by Crippen LogP contribution is 2.30. The van der Waals surface area contributed by atoms with Gasteiger partial charge in [-0.2, -0.15) is 0 Å². The first kappa shape index (κ1) is 16.2. The highest BCUT2D eigenvalue weighted by Gasteiger charge is 2.28. The summed E-state index contributed by atoms with van der Waals surface area (Å²) in [5.41, 5.74) is 0.668. The van der Waals surface area contributed by atoms with Crippen LogP contribution in [0.5, 0.6) is 0 Å². The van der Waals surface area contributed by atoms with Gasteiger partial charge in [0, 0.05) is 35.9 Å². The van der Waals surface area contributed by atoms with Crippen LogP contribution in [0.1, 0.15) is 59.4 Å². The molecule has 1 fully saturated rings. The number of hydrogen-bond acceptors (Lipinski definition) is 3. The molecule has 0 bridgehead atoms. The van der Waals surface area contributed by atoms with Crippen molar-refractivity contribution < 1.29 is 4.39 Å². The molecule has 118 valence electrons. The fraction of sp³-hybridized carbons (Fsp3) is 0.706. The Morgan fingerprint density at radius 1 is 1.29 bits per heavy atom. The molecular weight excluding hydrogens is 265 g/mol. The van der Waals surface area contributed by atoms with Crippen LogP contribution in [0.4, 0.5) is 10.2 Å². The summed E-state index contributed by atoms with van der Waals surface area (Å²) in [6.45, 7) is 11.1. The minimum Gasteiger partial charge on any atom is -0.349 e. The van der Waals surface area contributed by atoms with Crippen LogP contribution in [0.3, 0.4) is 0 Å². The van der Waals surface area contributed by atoms with Gasteiger partial charge < -0.3 is 10.2 Å². The zero-order valence-electron chi connectivity index (χ0n) is 13.9. The van der Waals surface area contributed by atoms with Crippen molar-refractivity contribution >= 4 is 5.82 Å². The molecule has 1 aromatic heterocycles. The van der Waals surface area contributed by atoms with Crippen LogP contribution >= 0.6 is 0 Å². The van der Waals surface area contributed by atoms with Gasteiger partial charge in [-0.15, -0.1) is 0 Å². The zero-order chi connectivity index (χ0) is 15.6. The minimum absolute atomic E-state index is 0.0262. The van der Waals surface area contributed by atoms with Gasteiger partial charge in [-0.25, -0.2) is 9.37 Å². The second-order valence-electron chi connectivity index (χ2n) is 7.25. The molecule has 2 rings (SSSR count). The molecule has 2 atom stereocenters. The van der Waals surface area contributed by atoms with Crippen molar-refractivity contribution in [2.75, 3.05) is 4.90 Å². The van der Waals surface area contributed by atoms with Gasteiger partial charge in [0.2, 0.25) is 0 Å². The highest BCUT2D eigenvalue weighted by atomic mass is 19.1. The van der Waals surface area contributed by atoms with Crippen LogP contribution < -0.4 is 10.2 Å². The predicted molar refractivity (Wildman–Crippen MR) is 86.0 cm³/mol. The number of rotatable bonds is 3. The van der Waals surface area contributed by atoms with E-state index in [1.165, 1.54) is 6.42 Å². The van der Waals surface area contributed by atoms with Gasteiger partial charge in [0.25, 0.3) is 0 Å². The molecule has 3 nitrogen and oxygen atoms in total. The Kier molecular flexibility index (Phi) is 4.87. The van der Waals surface area contributed by atoms with Gasteiger partial charge in [-0.3, -0.25) is 0 Å². The molecule has 2 unspecified atom stereocenters. The highest BCUT2D eigenvalue weighted by molar-refractivity contribution is 5.45. The summed E-state index contributed by atoms with van der Waals surface area (Å²) in [5.74, 6) is 0.345. The van der Waals surface area contributed by atoms with Gasteiger partial charge in [-0.05, 0) is 59.9 Å². The first-order chi connectivity index (χ1) is 9.79. The summed E-state index contributed by atoms with van der Waals surface area (Å²) >= 11 is 0. The van der Waals surface area contributed by atoms with Crippen LogP contribution in [0, 0.1) is 5.82 Å². The van der Waals surface area contributed by atoms with E-state index < -0.39 is 0 Å². The third kappa shape index (κ3) is 3.94. The standard InChI is InChI=1S/C17H28FN3/c1-12-7-6-8-13(2)21(12)16-15(18)14(9-10-19-16)11-20-17(3,4)5/h9-10,12-13,20H,6-8,11H2,1-5H3. The molecule has 0 aliphatic carbocycles. The maximum Gasteiger partial charge on any atom is 0.170 e. The van der Waals surface area contributed by atoms with Crippen molar-refractivity contribution in [1.29, 1.82) is 0 Å². The van der Waals surface area contributed by atoms with Gasteiger partial charge in [0.15, 0.2) is 11.6 Å². The number of halogens is 1. The summed E-state index contributed by atoms with van der Waals surface area (Å²) in [7, 11) is 0. The van der Waals surface area contributed by atoms with Crippen LogP contribution in [0.25, 0.3) is 0 Å². The molecule has 1 N–H and O–H groups in total. The van der Waals surface area contributed by atoms with Crippen molar-refractivity contribution in [1.82, 2.24) is 10.3 Å². The summed E-state index contributed by atoms with van der Waals surface area (Å²) in [4.78, 5) is 6.48.